The van der Waals surface area contributed by atoms with Crippen LogP contribution in [0.1, 0.15) is 5.56 Å². The molecular weight excluding hydrogens is 288 g/mol. The maximum absolute atomic E-state index is 6.32. The highest BCUT2D eigenvalue weighted by atomic mass is 35.5. The molecule has 0 atom stereocenters. The van der Waals surface area contributed by atoms with Gasteiger partial charge in [-0.05, 0) is 12.1 Å². The van der Waals surface area contributed by atoms with Gasteiger partial charge in [-0.3, -0.25) is 4.90 Å². The lowest BCUT2D eigenvalue weighted by molar-refractivity contribution is 0.110. The summed E-state index contributed by atoms with van der Waals surface area (Å²) in [6.07, 6.45) is 0. The van der Waals surface area contributed by atoms with E-state index in [1.54, 1.807) is 14.2 Å². The topological polar surface area (TPSA) is 34.6 Å². The second kappa shape index (κ2) is 8.29. The summed E-state index contributed by atoms with van der Waals surface area (Å²) in [6, 6.07) is 10.1. The number of aromatic nitrogens is 1. The van der Waals surface area contributed by atoms with Crippen molar-refractivity contribution in [2.45, 2.75) is 6.54 Å². The minimum Gasteiger partial charge on any atom is -0.383 e. The maximum Gasteiger partial charge on any atom is 0.134 e. The van der Waals surface area contributed by atoms with Crippen LogP contribution >= 0.6 is 11.6 Å². The summed E-state index contributed by atoms with van der Waals surface area (Å²) < 4.78 is 10.3. The Balaban J connectivity index is 2.16. The van der Waals surface area contributed by atoms with Crippen LogP contribution in [0.4, 0.5) is 0 Å². The summed E-state index contributed by atoms with van der Waals surface area (Å²) in [5, 5.41) is 1.67. The van der Waals surface area contributed by atoms with Gasteiger partial charge in [-0.1, -0.05) is 29.8 Å². The first kappa shape index (κ1) is 16.2. The molecular formula is C16H21ClN2O2. The molecule has 2 aromatic rings. The SMILES string of the molecule is COCCN(CCOC)Cc1cc2ccccc2nc1Cl. The average Bonchev–Trinajstić information content (AvgIpc) is 2.50. The number of ether oxygens (including phenoxy) is 2. The number of rotatable bonds is 8. The number of methoxy groups -OCH3 is 2. The third-order valence-corrected chi connectivity index (χ3v) is 3.69. The quantitative estimate of drug-likeness (QED) is 0.702. The zero-order chi connectivity index (χ0) is 15.1. The smallest absolute Gasteiger partial charge is 0.134 e. The molecule has 114 valence electrons. The molecule has 1 aromatic heterocycles. The number of hydrogen-bond acceptors (Lipinski definition) is 4. The third-order valence-electron chi connectivity index (χ3n) is 3.37. The molecule has 4 nitrogen and oxygen atoms in total. The molecule has 0 fully saturated rings. The summed E-state index contributed by atoms with van der Waals surface area (Å²) in [7, 11) is 3.41. The number of fused-ring (bicyclic) bond motifs is 1. The summed E-state index contributed by atoms with van der Waals surface area (Å²) >= 11 is 6.32. The fourth-order valence-electron chi connectivity index (χ4n) is 2.20. The summed E-state index contributed by atoms with van der Waals surface area (Å²) in [5.74, 6) is 0. The van der Waals surface area contributed by atoms with Crippen LogP contribution < -0.4 is 0 Å². The van der Waals surface area contributed by atoms with Crippen molar-refractivity contribution in [1.29, 1.82) is 0 Å². The van der Waals surface area contributed by atoms with E-state index in [4.69, 9.17) is 21.1 Å². The van der Waals surface area contributed by atoms with Crippen LogP contribution in [0.3, 0.4) is 0 Å². The van der Waals surface area contributed by atoms with Crippen molar-refractivity contribution < 1.29 is 9.47 Å². The van der Waals surface area contributed by atoms with Crippen molar-refractivity contribution in [3.05, 3.63) is 41.0 Å². The fraction of sp³-hybridized carbons (Fsp3) is 0.438. The minimum atomic E-state index is 0.563. The normalized spacial score (nSPS) is 11.4. The van der Waals surface area contributed by atoms with Crippen molar-refractivity contribution in [2.75, 3.05) is 40.5 Å². The Morgan fingerprint density at radius 3 is 2.43 bits per heavy atom. The zero-order valence-corrected chi connectivity index (χ0v) is 13.3. The second-order valence-corrected chi connectivity index (χ2v) is 5.25. The molecule has 0 unspecified atom stereocenters. The Morgan fingerprint density at radius 1 is 1.10 bits per heavy atom. The molecule has 0 aliphatic rings. The minimum absolute atomic E-state index is 0.563. The van der Waals surface area contributed by atoms with Gasteiger partial charge in [-0.25, -0.2) is 4.98 Å². The van der Waals surface area contributed by atoms with E-state index < -0.39 is 0 Å². The number of pyridine rings is 1. The maximum atomic E-state index is 6.32. The van der Waals surface area contributed by atoms with E-state index in [1.165, 1.54) is 0 Å². The number of nitrogens with zero attached hydrogens (tertiary/aromatic N) is 2. The highest BCUT2D eigenvalue weighted by Gasteiger charge is 2.10. The van der Waals surface area contributed by atoms with Gasteiger partial charge in [0.2, 0.25) is 0 Å². The molecule has 0 bridgehead atoms. The summed E-state index contributed by atoms with van der Waals surface area (Å²) in [5.41, 5.74) is 1.95. The van der Waals surface area contributed by atoms with Gasteiger partial charge in [0.1, 0.15) is 5.15 Å². The lowest BCUT2D eigenvalue weighted by Crippen LogP contribution is -2.30. The number of para-hydroxylation sites is 1. The third kappa shape index (κ3) is 4.64. The molecule has 0 aliphatic heterocycles. The van der Waals surface area contributed by atoms with E-state index in [1.807, 2.05) is 18.2 Å². The van der Waals surface area contributed by atoms with Gasteiger partial charge < -0.3 is 9.47 Å². The monoisotopic (exact) mass is 308 g/mol. The molecule has 1 aromatic carbocycles. The highest BCUT2D eigenvalue weighted by molar-refractivity contribution is 6.30. The van der Waals surface area contributed by atoms with Crippen molar-refractivity contribution >= 4 is 22.5 Å². The molecule has 0 saturated carbocycles. The van der Waals surface area contributed by atoms with Gasteiger partial charge in [0, 0.05) is 44.8 Å². The second-order valence-electron chi connectivity index (χ2n) is 4.89. The molecule has 0 saturated heterocycles. The molecule has 0 spiro atoms. The lowest BCUT2D eigenvalue weighted by atomic mass is 10.1. The van der Waals surface area contributed by atoms with Crippen LogP contribution in [0.5, 0.6) is 0 Å². The van der Waals surface area contributed by atoms with Crippen LogP contribution in [0.25, 0.3) is 10.9 Å². The van der Waals surface area contributed by atoms with Gasteiger partial charge in [0.15, 0.2) is 0 Å². The summed E-state index contributed by atoms with van der Waals surface area (Å²) in [6.45, 7) is 3.78. The van der Waals surface area contributed by atoms with Gasteiger partial charge in [-0.15, -0.1) is 0 Å². The molecule has 2 rings (SSSR count). The van der Waals surface area contributed by atoms with Crippen molar-refractivity contribution in [3.8, 4) is 0 Å². The molecule has 0 amide bonds. The number of benzene rings is 1. The summed E-state index contributed by atoms with van der Waals surface area (Å²) in [4.78, 5) is 6.72. The zero-order valence-electron chi connectivity index (χ0n) is 12.5. The van der Waals surface area contributed by atoms with Gasteiger partial charge in [0.25, 0.3) is 0 Å². The first-order valence-electron chi connectivity index (χ1n) is 6.99. The Kier molecular flexibility index (Phi) is 6.39. The van der Waals surface area contributed by atoms with Gasteiger partial charge in [-0.2, -0.15) is 0 Å². The van der Waals surface area contributed by atoms with E-state index in [2.05, 4.69) is 22.0 Å². The van der Waals surface area contributed by atoms with Crippen LogP contribution in [0.15, 0.2) is 30.3 Å². The number of hydrogen-bond donors (Lipinski definition) is 0. The largest absolute Gasteiger partial charge is 0.383 e. The predicted octanol–water partition coefficient (Wildman–Crippen LogP) is 2.98. The van der Waals surface area contributed by atoms with E-state index in [9.17, 15) is 0 Å². The van der Waals surface area contributed by atoms with E-state index in [0.717, 1.165) is 36.1 Å². The van der Waals surface area contributed by atoms with Crippen molar-refractivity contribution in [3.63, 3.8) is 0 Å². The van der Waals surface area contributed by atoms with Crippen LogP contribution in [0.2, 0.25) is 5.15 Å². The highest BCUT2D eigenvalue weighted by Crippen LogP contribution is 2.21. The van der Waals surface area contributed by atoms with Crippen LogP contribution in [0, 0.1) is 0 Å². The molecule has 21 heavy (non-hydrogen) atoms. The van der Waals surface area contributed by atoms with E-state index >= 15 is 0 Å². The average molecular weight is 309 g/mol. The van der Waals surface area contributed by atoms with Crippen LogP contribution in [-0.2, 0) is 16.0 Å². The first-order chi connectivity index (χ1) is 10.2. The predicted molar refractivity (Wildman–Crippen MR) is 85.8 cm³/mol. The van der Waals surface area contributed by atoms with Gasteiger partial charge >= 0.3 is 0 Å². The molecule has 5 heteroatoms. The lowest BCUT2D eigenvalue weighted by Gasteiger charge is -2.22. The first-order valence-corrected chi connectivity index (χ1v) is 7.36. The molecule has 0 aliphatic carbocycles. The van der Waals surface area contributed by atoms with Crippen molar-refractivity contribution in [1.82, 2.24) is 9.88 Å². The Morgan fingerprint density at radius 2 is 1.76 bits per heavy atom. The Labute approximate surface area is 130 Å². The Hall–Kier alpha value is -1.20. The molecule has 0 N–H and O–H groups in total. The van der Waals surface area contributed by atoms with E-state index in [0.29, 0.717) is 18.4 Å². The van der Waals surface area contributed by atoms with Crippen molar-refractivity contribution in [2.24, 2.45) is 0 Å². The standard InChI is InChI=1S/C16H21ClN2O2/c1-20-9-7-19(8-10-21-2)12-14-11-13-5-3-4-6-15(13)18-16(14)17/h3-6,11H,7-10,12H2,1-2H3. The molecule has 1 heterocycles. The Bertz CT molecular complexity index is 569. The molecule has 0 radical (unpaired) electrons. The van der Waals surface area contributed by atoms with E-state index in [-0.39, 0.29) is 0 Å². The fourth-order valence-corrected chi connectivity index (χ4v) is 2.40. The number of halogens is 1. The van der Waals surface area contributed by atoms with Gasteiger partial charge in [0.05, 0.1) is 18.7 Å². The van der Waals surface area contributed by atoms with Crippen LogP contribution in [-0.4, -0.2) is 50.4 Å².